The summed E-state index contributed by atoms with van der Waals surface area (Å²) in [4.78, 5) is 26.8. The van der Waals surface area contributed by atoms with Crippen LogP contribution in [0.2, 0.25) is 0 Å². The number of thiophene rings is 1. The Labute approximate surface area is 213 Å². The highest BCUT2D eigenvalue weighted by molar-refractivity contribution is 7.91. The molecule has 0 aliphatic carbocycles. The van der Waals surface area contributed by atoms with Crippen molar-refractivity contribution in [1.82, 2.24) is 9.71 Å². The lowest BCUT2D eigenvalue weighted by Crippen LogP contribution is -2.43. The van der Waals surface area contributed by atoms with Gasteiger partial charge in [0.05, 0.1) is 10.4 Å². The molecule has 0 aliphatic rings. The second-order valence-corrected chi connectivity index (χ2v) is 11.1. The quantitative estimate of drug-likeness (QED) is 0.250. The van der Waals surface area contributed by atoms with E-state index in [9.17, 15) is 31.3 Å². The maximum absolute atomic E-state index is 13.1. The molecule has 2 N–H and O–H groups in total. The van der Waals surface area contributed by atoms with Crippen LogP contribution in [0.15, 0.2) is 76.2 Å². The molecule has 4 rings (SSSR count). The zero-order chi connectivity index (χ0) is 26.8. The summed E-state index contributed by atoms with van der Waals surface area (Å²) >= 11 is 0.809. The smallest absolute Gasteiger partial charge is 0.361 e. The van der Waals surface area contributed by atoms with E-state index in [0.29, 0.717) is 16.0 Å². The maximum atomic E-state index is 13.1. The van der Waals surface area contributed by atoms with Crippen LogP contribution in [0.5, 0.6) is 0 Å². The van der Waals surface area contributed by atoms with E-state index in [0.717, 1.165) is 34.4 Å². The number of sulfonamides is 1. The molecule has 7 nitrogen and oxygen atoms in total. The van der Waals surface area contributed by atoms with Crippen LogP contribution in [-0.2, 0) is 21.0 Å². The number of hydrogen-bond donors (Lipinski definition) is 2. The number of hydrogen-bond acceptors (Lipinski definition) is 5. The summed E-state index contributed by atoms with van der Waals surface area (Å²) in [5.74, 6) is 3.52. The summed E-state index contributed by atoms with van der Waals surface area (Å²) in [5.41, 5.74) is 0.935. The number of nitroso groups, excluding NO2 is 1. The highest BCUT2D eigenvalue weighted by atomic mass is 32.2. The summed E-state index contributed by atoms with van der Waals surface area (Å²) in [6.07, 6.45) is -2.81. The van der Waals surface area contributed by atoms with Gasteiger partial charge in [-0.3, -0.25) is 4.79 Å². The maximum Gasteiger partial charge on any atom is 0.416 e. The van der Waals surface area contributed by atoms with Crippen LogP contribution >= 0.6 is 11.3 Å². The molecule has 0 saturated carbocycles. The lowest BCUT2D eigenvalue weighted by atomic mass is 9.93. The van der Waals surface area contributed by atoms with Crippen LogP contribution in [0.25, 0.3) is 10.9 Å². The Bertz CT molecular complexity index is 1630. The standard InChI is InChI=1S/C25H18F3N3O4S2/c1-15(20-14-29-21-5-3-2-4-19(20)21)23(24(32)30-33)31-37(34,35)22-13-12-18(36-22)11-8-16-6-9-17(10-7-16)25(26,27)28/h2-7,9-10,12-15,23,29,31H,1H3. The number of rotatable bonds is 6. The molecule has 2 heterocycles. The fourth-order valence-corrected chi connectivity index (χ4v) is 6.15. The molecule has 12 heteroatoms. The van der Waals surface area contributed by atoms with Crippen molar-refractivity contribution in [2.75, 3.05) is 0 Å². The van der Waals surface area contributed by atoms with E-state index in [2.05, 4.69) is 26.7 Å². The van der Waals surface area contributed by atoms with Crippen LogP contribution in [0, 0.1) is 16.7 Å². The average Bonchev–Trinajstić information content (AvgIpc) is 3.53. The molecule has 2 aromatic heterocycles. The van der Waals surface area contributed by atoms with E-state index < -0.39 is 39.6 Å². The van der Waals surface area contributed by atoms with Crippen LogP contribution in [0.1, 0.15) is 34.4 Å². The van der Waals surface area contributed by atoms with Gasteiger partial charge in [-0.1, -0.05) is 37.0 Å². The molecule has 2 unspecified atom stereocenters. The number of halogens is 3. The summed E-state index contributed by atoms with van der Waals surface area (Å²) in [5, 5.41) is 3.22. The van der Waals surface area contributed by atoms with E-state index in [1.54, 1.807) is 19.2 Å². The van der Waals surface area contributed by atoms with Crippen molar-refractivity contribution in [3.63, 3.8) is 0 Å². The fourth-order valence-electron chi connectivity index (χ4n) is 3.71. The molecule has 37 heavy (non-hydrogen) atoms. The molecule has 0 radical (unpaired) electrons. The number of H-pyrrole nitrogens is 1. The van der Waals surface area contributed by atoms with Crippen LogP contribution in [-0.4, -0.2) is 25.4 Å². The summed E-state index contributed by atoms with van der Waals surface area (Å²) in [6, 6.07) is 12.8. The molecule has 2 aromatic carbocycles. The number of alkyl halides is 3. The van der Waals surface area contributed by atoms with Gasteiger partial charge in [0.25, 0.3) is 10.0 Å². The van der Waals surface area contributed by atoms with Crippen molar-refractivity contribution in [3.05, 3.63) is 93.3 Å². The number of aromatic amines is 1. The molecule has 0 fully saturated rings. The van der Waals surface area contributed by atoms with Crippen molar-refractivity contribution in [2.45, 2.75) is 29.3 Å². The second kappa shape index (κ2) is 10.3. The van der Waals surface area contributed by atoms with E-state index in [-0.39, 0.29) is 4.21 Å². The first-order valence-electron chi connectivity index (χ1n) is 10.7. The second-order valence-electron chi connectivity index (χ2n) is 8.05. The van der Waals surface area contributed by atoms with Crippen molar-refractivity contribution in [2.24, 2.45) is 5.18 Å². The molecule has 0 saturated heterocycles. The third-order valence-corrected chi connectivity index (χ3v) is 8.57. The Kier molecular flexibility index (Phi) is 7.31. The van der Waals surface area contributed by atoms with Gasteiger partial charge in [-0.25, -0.2) is 8.42 Å². The number of carbonyl (C=O) groups is 1. The summed E-state index contributed by atoms with van der Waals surface area (Å²) in [7, 11) is -4.24. The molecular formula is C25H18F3N3O4S2. The first kappa shape index (κ1) is 26.3. The monoisotopic (exact) mass is 545 g/mol. The summed E-state index contributed by atoms with van der Waals surface area (Å²) < 4.78 is 66.4. The summed E-state index contributed by atoms with van der Waals surface area (Å²) in [6.45, 7) is 1.61. The van der Waals surface area contributed by atoms with E-state index in [4.69, 9.17) is 0 Å². The van der Waals surface area contributed by atoms with Crippen molar-refractivity contribution >= 4 is 38.2 Å². The van der Waals surface area contributed by atoms with Gasteiger partial charge >= 0.3 is 12.1 Å². The van der Waals surface area contributed by atoms with Crippen LogP contribution in [0.4, 0.5) is 13.2 Å². The van der Waals surface area contributed by atoms with E-state index >= 15 is 0 Å². The number of aromatic nitrogens is 1. The van der Waals surface area contributed by atoms with Gasteiger partial charge in [0.15, 0.2) is 0 Å². The van der Waals surface area contributed by atoms with Crippen molar-refractivity contribution in [3.8, 4) is 11.8 Å². The normalized spacial score (nSPS) is 13.5. The Hall–Kier alpha value is -3.79. The minimum Gasteiger partial charge on any atom is -0.361 e. The number of para-hydroxylation sites is 1. The first-order valence-corrected chi connectivity index (χ1v) is 13.0. The predicted molar refractivity (Wildman–Crippen MR) is 133 cm³/mol. The predicted octanol–water partition coefficient (Wildman–Crippen LogP) is 5.39. The number of carbonyl (C=O) groups excluding carboxylic acids is 1. The highest BCUT2D eigenvalue weighted by Crippen LogP contribution is 2.31. The molecule has 0 bridgehead atoms. The van der Waals surface area contributed by atoms with Gasteiger partial charge in [0.2, 0.25) is 0 Å². The Balaban J connectivity index is 1.56. The van der Waals surface area contributed by atoms with E-state index in [1.165, 1.54) is 24.3 Å². The van der Waals surface area contributed by atoms with Gasteiger partial charge in [-0.2, -0.15) is 17.9 Å². The van der Waals surface area contributed by atoms with Crippen LogP contribution in [0.3, 0.4) is 0 Å². The number of amides is 1. The van der Waals surface area contributed by atoms with Gasteiger partial charge in [0.1, 0.15) is 10.3 Å². The highest BCUT2D eigenvalue weighted by Gasteiger charge is 2.34. The minimum atomic E-state index is -4.46. The topological polar surface area (TPSA) is 108 Å². The van der Waals surface area contributed by atoms with Crippen LogP contribution < -0.4 is 4.72 Å². The molecule has 4 aromatic rings. The SMILES string of the molecule is CC(c1c[nH]c2ccccc12)C(NS(=O)(=O)c1ccc(C#Cc2ccc(C(F)(F)F)cc2)s1)C(=O)N=O. The number of fused-ring (bicyclic) bond motifs is 1. The van der Waals surface area contributed by atoms with Gasteiger partial charge < -0.3 is 4.98 Å². The van der Waals surface area contributed by atoms with Crippen molar-refractivity contribution in [1.29, 1.82) is 0 Å². The molecule has 190 valence electrons. The minimum absolute atomic E-state index is 0.154. The number of nitrogens with zero attached hydrogens (tertiary/aromatic N) is 1. The zero-order valence-electron chi connectivity index (χ0n) is 19.0. The lowest BCUT2D eigenvalue weighted by molar-refractivity contribution is -0.137. The van der Waals surface area contributed by atoms with Gasteiger partial charge in [-0.05, 0) is 48.0 Å². The lowest BCUT2D eigenvalue weighted by Gasteiger charge is -2.20. The number of nitrogens with one attached hydrogen (secondary N) is 2. The molecule has 2 atom stereocenters. The average molecular weight is 546 g/mol. The van der Waals surface area contributed by atoms with Crippen molar-refractivity contribution < 1.29 is 26.4 Å². The largest absolute Gasteiger partial charge is 0.416 e. The van der Waals surface area contributed by atoms with Gasteiger partial charge in [0, 0.05) is 33.8 Å². The first-order chi connectivity index (χ1) is 17.5. The molecule has 0 spiro atoms. The molecule has 1 amide bonds. The number of benzene rings is 2. The molecule has 0 aliphatic heterocycles. The zero-order valence-corrected chi connectivity index (χ0v) is 20.7. The Morgan fingerprint density at radius 3 is 2.43 bits per heavy atom. The third kappa shape index (κ3) is 5.80. The third-order valence-electron chi connectivity index (χ3n) is 5.64. The Morgan fingerprint density at radius 1 is 1.05 bits per heavy atom. The fraction of sp³-hybridized carbons (Fsp3) is 0.160. The van der Waals surface area contributed by atoms with E-state index in [1.807, 2.05) is 18.2 Å². The van der Waals surface area contributed by atoms with Gasteiger partial charge in [-0.15, -0.1) is 16.2 Å². The Morgan fingerprint density at radius 2 is 1.76 bits per heavy atom. The molecular weight excluding hydrogens is 527 g/mol.